The molecule has 0 N–H and O–H groups in total. The van der Waals surface area contributed by atoms with Crippen LogP contribution in [-0.2, 0) is 9.53 Å². The highest BCUT2D eigenvalue weighted by molar-refractivity contribution is 6.03. The maximum absolute atomic E-state index is 12.8. The Kier molecular flexibility index (Phi) is 5.05. The van der Waals surface area contributed by atoms with Crippen LogP contribution in [0.2, 0.25) is 0 Å². The van der Waals surface area contributed by atoms with Crippen molar-refractivity contribution in [3.63, 3.8) is 0 Å². The molecule has 0 fully saturated rings. The molecule has 0 saturated heterocycles. The summed E-state index contributed by atoms with van der Waals surface area (Å²) in [6.07, 6.45) is 0. The Labute approximate surface area is 129 Å². The summed E-state index contributed by atoms with van der Waals surface area (Å²) in [4.78, 5) is 24.7. The molecule has 0 aromatic heterocycles. The molecule has 0 radical (unpaired) electrons. The van der Waals surface area contributed by atoms with E-state index in [1.807, 2.05) is 12.1 Å². The summed E-state index contributed by atoms with van der Waals surface area (Å²) in [6, 6.07) is 19.4. The SMILES string of the molecule is COC(=O)C(C#N)C(C(=O)c1ccccc1)c1ccccc1. The van der Waals surface area contributed by atoms with Crippen molar-refractivity contribution in [2.45, 2.75) is 5.92 Å². The summed E-state index contributed by atoms with van der Waals surface area (Å²) < 4.78 is 4.68. The first-order valence-electron chi connectivity index (χ1n) is 6.80. The molecule has 0 spiro atoms. The molecule has 0 aliphatic rings. The lowest BCUT2D eigenvalue weighted by Gasteiger charge is -2.19. The first-order valence-corrected chi connectivity index (χ1v) is 6.80. The second kappa shape index (κ2) is 7.19. The van der Waals surface area contributed by atoms with Crippen molar-refractivity contribution in [1.82, 2.24) is 0 Å². The first kappa shape index (κ1) is 15.5. The molecule has 0 bridgehead atoms. The highest BCUT2D eigenvalue weighted by Crippen LogP contribution is 2.29. The lowest BCUT2D eigenvalue weighted by Crippen LogP contribution is -2.28. The second-order valence-corrected chi connectivity index (χ2v) is 4.75. The van der Waals surface area contributed by atoms with Gasteiger partial charge in [0.25, 0.3) is 0 Å². The van der Waals surface area contributed by atoms with Gasteiger partial charge in [0.2, 0.25) is 0 Å². The number of hydrogen-bond acceptors (Lipinski definition) is 4. The fraction of sp³-hybridized carbons (Fsp3) is 0.167. The monoisotopic (exact) mass is 293 g/mol. The molecule has 0 aliphatic heterocycles. The molecule has 4 heteroatoms. The Balaban J connectivity index is 2.49. The van der Waals surface area contributed by atoms with Gasteiger partial charge in [0.15, 0.2) is 11.7 Å². The number of esters is 1. The maximum Gasteiger partial charge on any atom is 0.324 e. The predicted molar refractivity (Wildman–Crippen MR) is 81.1 cm³/mol. The molecule has 0 saturated carbocycles. The number of carbonyl (C=O) groups is 2. The third-order valence-electron chi connectivity index (χ3n) is 3.43. The minimum atomic E-state index is -1.18. The Morgan fingerprint density at radius 3 is 2.05 bits per heavy atom. The highest BCUT2D eigenvalue weighted by atomic mass is 16.5. The first-order chi connectivity index (χ1) is 10.7. The average molecular weight is 293 g/mol. The fourth-order valence-electron chi connectivity index (χ4n) is 2.33. The molecule has 110 valence electrons. The molecule has 2 unspecified atom stereocenters. The van der Waals surface area contributed by atoms with Crippen molar-refractivity contribution in [1.29, 1.82) is 5.26 Å². The quantitative estimate of drug-likeness (QED) is 0.628. The largest absolute Gasteiger partial charge is 0.468 e. The normalized spacial score (nSPS) is 12.7. The number of ketones is 1. The third-order valence-corrected chi connectivity index (χ3v) is 3.43. The van der Waals surface area contributed by atoms with Gasteiger partial charge >= 0.3 is 5.97 Å². The molecule has 2 atom stereocenters. The van der Waals surface area contributed by atoms with Crippen LogP contribution in [0.5, 0.6) is 0 Å². The van der Waals surface area contributed by atoms with Gasteiger partial charge < -0.3 is 4.74 Å². The van der Waals surface area contributed by atoms with Crippen LogP contribution in [0.3, 0.4) is 0 Å². The van der Waals surface area contributed by atoms with E-state index >= 15 is 0 Å². The number of rotatable bonds is 5. The van der Waals surface area contributed by atoms with E-state index in [1.54, 1.807) is 54.6 Å². The number of benzene rings is 2. The van der Waals surface area contributed by atoms with Crippen LogP contribution in [0.15, 0.2) is 60.7 Å². The molecule has 0 amide bonds. The van der Waals surface area contributed by atoms with Gasteiger partial charge in [-0.1, -0.05) is 60.7 Å². The topological polar surface area (TPSA) is 67.2 Å². The minimum Gasteiger partial charge on any atom is -0.468 e. The molecule has 2 aromatic carbocycles. The van der Waals surface area contributed by atoms with Crippen LogP contribution in [0.4, 0.5) is 0 Å². The fourth-order valence-corrected chi connectivity index (χ4v) is 2.33. The molecular formula is C18H15NO3. The van der Waals surface area contributed by atoms with E-state index in [-0.39, 0.29) is 5.78 Å². The summed E-state index contributed by atoms with van der Waals surface area (Å²) in [5.74, 6) is -3.05. The summed E-state index contributed by atoms with van der Waals surface area (Å²) in [7, 11) is 1.21. The summed E-state index contributed by atoms with van der Waals surface area (Å²) in [6.45, 7) is 0. The van der Waals surface area contributed by atoms with E-state index in [4.69, 9.17) is 0 Å². The number of methoxy groups -OCH3 is 1. The van der Waals surface area contributed by atoms with E-state index in [9.17, 15) is 14.9 Å². The number of carbonyl (C=O) groups excluding carboxylic acids is 2. The van der Waals surface area contributed by atoms with Crippen LogP contribution in [0, 0.1) is 17.2 Å². The molecule has 22 heavy (non-hydrogen) atoms. The number of nitrogens with zero attached hydrogens (tertiary/aromatic N) is 1. The number of Topliss-reactive ketones (excluding diaryl/α,β-unsaturated/α-hetero) is 1. The van der Waals surface area contributed by atoms with Crippen molar-refractivity contribution >= 4 is 11.8 Å². The Morgan fingerprint density at radius 2 is 1.55 bits per heavy atom. The van der Waals surface area contributed by atoms with Crippen LogP contribution in [0.25, 0.3) is 0 Å². The molecule has 0 aliphatic carbocycles. The van der Waals surface area contributed by atoms with E-state index < -0.39 is 17.8 Å². The standard InChI is InChI=1S/C18H15NO3/c1-22-18(21)15(12-19)16(13-8-4-2-5-9-13)17(20)14-10-6-3-7-11-14/h2-11,15-16H,1H3. The van der Waals surface area contributed by atoms with Gasteiger partial charge in [-0.3, -0.25) is 9.59 Å². The van der Waals surface area contributed by atoms with Gasteiger partial charge in [-0.2, -0.15) is 5.26 Å². The molecule has 2 aromatic rings. The van der Waals surface area contributed by atoms with Crippen molar-refractivity contribution < 1.29 is 14.3 Å². The zero-order chi connectivity index (χ0) is 15.9. The van der Waals surface area contributed by atoms with E-state index in [1.165, 1.54) is 7.11 Å². The lowest BCUT2D eigenvalue weighted by molar-refractivity contribution is -0.143. The number of ether oxygens (including phenoxy) is 1. The molecular weight excluding hydrogens is 278 g/mol. The Morgan fingerprint density at radius 1 is 1.00 bits per heavy atom. The van der Waals surface area contributed by atoms with Gasteiger partial charge in [0.1, 0.15) is 0 Å². The van der Waals surface area contributed by atoms with Crippen LogP contribution < -0.4 is 0 Å². The van der Waals surface area contributed by atoms with E-state index in [0.29, 0.717) is 11.1 Å². The maximum atomic E-state index is 12.8. The van der Waals surface area contributed by atoms with Crippen molar-refractivity contribution in [2.24, 2.45) is 5.92 Å². The van der Waals surface area contributed by atoms with Crippen molar-refractivity contribution in [3.05, 3.63) is 71.8 Å². The van der Waals surface area contributed by atoms with Crippen molar-refractivity contribution in [3.8, 4) is 6.07 Å². The molecule has 0 heterocycles. The van der Waals surface area contributed by atoms with Gasteiger partial charge in [0, 0.05) is 5.56 Å². The van der Waals surface area contributed by atoms with E-state index in [0.717, 1.165) is 0 Å². The molecule has 2 rings (SSSR count). The predicted octanol–water partition coefficient (Wildman–Crippen LogP) is 2.97. The zero-order valence-electron chi connectivity index (χ0n) is 12.1. The summed E-state index contributed by atoms with van der Waals surface area (Å²) in [5, 5.41) is 9.35. The summed E-state index contributed by atoms with van der Waals surface area (Å²) in [5.41, 5.74) is 1.08. The number of hydrogen-bond donors (Lipinski definition) is 0. The zero-order valence-corrected chi connectivity index (χ0v) is 12.1. The van der Waals surface area contributed by atoms with Gasteiger partial charge in [0.05, 0.1) is 19.1 Å². The number of nitriles is 1. The minimum absolute atomic E-state index is 0.274. The van der Waals surface area contributed by atoms with E-state index in [2.05, 4.69) is 4.74 Å². The van der Waals surface area contributed by atoms with Crippen molar-refractivity contribution in [2.75, 3.05) is 7.11 Å². The van der Waals surface area contributed by atoms with Gasteiger partial charge in [-0.05, 0) is 5.56 Å². The second-order valence-electron chi connectivity index (χ2n) is 4.75. The smallest absolute Gasteiger partial charge is 0.324 e. The van der Waals surface area contributed by atoms with Gasteiger partial charge in [-0.15, -0.1) is 0 Å². The lowest BCUT2D eigenvalue weighted by atomic mass is 9.81. The highest BCUT2D eigenvalue weighted by Gasteiger charge is 2.36. The van der Waals surface area contributed by atoms with Crippen LogP contribution >= 0.6 is 0 Å². The van der Waals surface area contributed by atoms with Gasteiger partial charge in [-0.25, -0.2) is 0 Å². The van der Waals surface area contributed by atoms with Crippen LogP contribution in [0.1, 0.15) is 21.8 Å². The average Bonchev–Trinajstić information content (AvgIpc) is 2.60. The molecule has 4 nitrogen and oxygen atoms in total. The Bertz CT molecular complexity index is 689. The summed E-state index contributed by atoms with van der Waals surface area (Å²) >= 11 is 0. The third kappa shape index (κ3) is 3.21. The van der Waals surface area contributed by atoms with Crippen LogP contribution in [-0.4, -0.2) is 18.9 Å². The Hall–Kier alpha value is -2.93.